The van der Waals surface area contributed by atoms with Crippen LogP contribution in [0.4, 0.5) is 5.69 Å². The number of benzene rings is 1. The van der Waals surface area contributed by atoms with Crippen LogP contribution in [0.2, 0.25) is 19.6 Å². The first kappa shape index (κ1) is 18.8. The summed E-state index contributed by atoms with van der Waals surface area (Å²) < 4.78 is 5.44. The van der Waals surface area contributed by atoms with Crippen molar-refractivity contribution in [2.24, 2.45) is 0 Å². The summed E-state index contributed by atoms with van der Waals surface area (Å²) in [6.45, 7) is 15.8. The van der Waals surface area contributed by atoms with Crippen molar-refractivity contribution in [1.29, 1.82) is 0 Å². The lowest BCUT2D eigenvalue weighted by Crippen LogP contribution is -2.50. The van der Waals surface area contributed by atoms with Gasteiger partial charge in [-0.15, -0.1) is 0 Å². The molecule has 0 heterocycles. The number of para-hydroxylation sites is 1. The first-order valence-electron chi connectivity index (χ1n) is 8.04. The first-order valence-corrected chi connectivity index (χ1v) is 11.6. The molecule has 0 N–H and O–H groups in total. The van der Waals surface area contributed by atoms with Crippen molar-refractivity contribution in [3.05, 3.63) is 30.3 Å². The maximum Gasteiger partial charge on any atom is 0.308 e. The molecular formula is C18H31NO2Si. The highest BCUT2D eigenvalue weighted by molar-refractivity contribution is 6.78. The number of hydrogen-bond acceptors (Lipinski definition) is 3. The molecule has 0 amide bonds. The Hall–Kier alpha value is -1.29. The Morgan fingerprint density at radius 1 is 1.18 bits per heavy atom. The summed E-state index contributed by atoms with van der Waals surface area (Å²) in [4.78, 5) is 14.4. The van der Waals surface area contributed by atoms with Gasteiger partial charge in [-0.3, -0.25) is 4.79 Å². The Morgan fingerprint density at radius 2 is 1.73 bits per heavy atom. The average Bonchev–Trinajstić information content (AvgIpc) is 2.36. The van der Waals surface area contributed by atoms with Gasteiger partial charge >= 0.3 is 5.97 Å². The second-order valence-corrected chi connectivity index (χ2v) is 13.5. The predicted molar refractivity (Wildman–Crippen MR) is 97.1 cm³/mol. The number of hydrogen-bond donors (Lipinski definition) is 0. The minimum atomic E-state index is -1.35. The molecule has 4 heteroatoms. The molecular weight excluding hydrogens is 290 g/mol. The van der Waals surface area contributed by atoms with Gasteiger partial charge in [0.2, 0.25) is 0 Å². The van der Waals surface area contributed by atoms with Crippen LogP contribution in [0.3, 0.4) is 0 Å². The van der Waals surface area contributed by atoms with Crippen molar-refractivity contribution in [2.75, 3.05) is 11.4 Å². The van der Waals surface area contributed by atoms with Crippen LogP contribution in [0.1, 0.15) is 34.1 Å². The van der Waals surface area contributed by atoms with Crippen molar-refractivity contribution >= 4 is 19.7 Å². The van der Waals surface area contributed by atoms with Crippen LogP contribution < -0.4 is 4.90 Å². The molecule has 1 aromatic carbocycles. The van der Waals surface area contributed by atoms with E-state index in [1.165, 1.54) is 5.69 Å². The predicted octanol–water partition coefficient (Wildman–Crippen LogP) is 4.49. The van der Waals surface area contributed by atoms with Gasteiger partial charge in [0.25, 0.3) is 0 Å². The SMILES string of the molecule is CC(N(CCC(=O)OC(C)(C)C)c1ccccc1)[Si](C)(C)C. The number of rotatable bonds is 6. The van der Waals surface area contributed by atoms with E-state index in [0.29, 0.717) is 18.6 Å². The van der Waals surface area contributed by atoms with Gasteiger partial charge in [0.05, 0.1) is 14.5 Å². The molecule has 3 nitrogen and oxygen atoms in total. The van der Waals surface area contributed by atoms with Crippen LogP contribution in [-0.4, -0.2) is 31.9 Å². The molecule has 1 atom stereocenters. The Kier molecular flexibility index (Phi) is 6.24. The molecule has 0 saturated carbocycles. The van der Waals surface area contributed by atoms with E-state index < -0.39 is 13.7 Å². The minimum absolute atomic E-state index is 0.129. The summed E-state index contributed by atoms with van der Waals surface area (Å²) in [5, 5.41) is 0. The minimum Gasteiger partial charge on any atom is -0.460 e. The average molecular weight is 322 g/mol. The normalized spacial score (nSPS) is 13.6. The Balaban J connectivity index is 2.82. The second-order valence-electron chi connectivity index (χ2n) is 7.91. The van der Waals surface area contributed by atoms with E-state index in [4.69, 9.17) is 4.74 Å². The summed E-state index contributed by atoms with van der Waals surface area (Å²) in [6.07, 6.45) is 0.418. The van der Waals surface area contributed by atoms with Gasteiger partial charge in [-0.25, -0.2) is 0 Å². The van der Waals surface area contributed by atoms with E-state index in [1.807, 2.05) is 39.0 Å². The largest absolute Gasteiger partial charge is 0.460 e. The van der Waals surface area contributed by atoms with Crippen molar-refractivity contribution in [1.82, 2.24) is 0 Å². The molecule has 0 bridgehead atoms. The third-order valence-electron chi connectivity index (χ3n) is 3.79. The molecule has 124 valence electrons. The van der Waals surface area contributed by atoms with Crippen molar-refractivity contribution < 1.29 is 9.53 Å². The molecule has 1 rings (SSSR count). The standard InChI is InChI=1S/C18H31NO2Si/c1-15(22(5,6)7)19(16-11-9-8-10-12-16)14-13-17(20)21-18(2,3)4/h8-12,15H,13-14H2,1-7H3. The fraction of sp³-hybridized carbons (Fsp3) is 0.611. The Morgan fingerprint density at radius 3 is 2.18 bits per heavy atom. The summed E-state index contributed by atoms with van der Waals surface area (Å²) >= 11 is 0. The molecule has 0 aliphatic rings. The van der Waals surface area contributed by atoms with Crippen LogP contribution in [0.15, 0.2) is 30.3 Å². The lowest BCUT2D eigenvalue weighted by Gasteiger charge is -2.38. The number of esters is 1. The van der Waals surface area contributed by atoms with E-state index in [9.17, 15) is 4.79 Å². The number of carbonyl (C=O) groups is 1. The van der Waals surface area contributed by atoms with Gasteiger partial charge in [-0.1, -0.05) is 37.8 Å². The molecule has 0 fully saturated rings. The zero-order valence-corrected chi connectivity index (χ0v) is 16.1. The molecule has 1 aromatic rings. The van der Waals surface area contributed by atoms with Gasteiger partial charge < -0.3 is 9.64 Å². The van der Waals surface area contributed by atoms with Crippen LogP contribution in [0.5, 0.6) is 0 Å². The van der Waals surface area contributed by atoms with E-state index in [-0.39, 0.29) is 5.97 Å². The highest BCUT2D eigenvalue weighted by atomic mass is 28.3. The molecule has 0 radical (unpaired) electrons. The molecule has 0 aliphatic heterocycles. The fourth-order valence-electron chi connectivity index (χ4n) is 2.24. The molecule has 1 unspecified atom stereocenters. The van der Waals surface area contributed by atoms with Crippen molar-refractivity contribution in [3.63, 3.8) is 0 Å². The quantitative estimate of drug-likeness (QED) is 0.571. The van der Waals surface area contributed by atoms with Gasteiger partial charge in [0, 0.05) is 17.9 Å². The summed E-state index contributed by atoms with van der Waals surface area (Å²) in [5.74, 6) is -0.129. The van der Waals surface area contributed by atoms with Crippen molar-refractivity contribution in [3.8, 4) is 0 Å². The zero-order valence-electron chi connectivity index (χ0n) is 15.1. The maximum absolute atomic E-state index is 12.0. The van der Waals surface area contributed by atoms with Crippen LogP contribution in [-0.2, 0) is 9.53 Å². The van der Waals surface area contributed by atoms with Gasteiger partial charge in [0.15, 0.2) is 0 Å². The summed E-state index contributed by atoms with van der Waals surface area (Å²) in [7, 11) is -1.35. The van der Waals surface area contributed by atoms with E-state index in [1.54, 1.807) is 0 Å². The Labute approximate surface area is 136 Å². The molecule has 22 heavy (non-hydrogen) atoms. The maximum atomic E-state index is 12.0. The number of carbonyl (C=O) groups excluding carboxylic acids is 1. The smallest absolute Gasteiger partial charge is 0.308 e. The molecule has 0 aromatic heterocycles. The van der Waals surface area contributed by atoms with E-state index >= 15 is 0 Å². The second kappa shape index (κ2) is 7.31. The van der Waals surface area contributed by atoms with Crippen LogP contribution >= 0.6 is 0 Å². The van der Waals surface area contributed by atoms with Gasteiger partial charge in [0.1, 0.15) is 5.60 Å². The Bertz CT molecular complexity index is 474. The van der Waals surface area contributed by atoms with Gasteiger partial charge in [-0.05, 0) is 39.8 Å². The van der Waals surface area contributed by atoms with Gasteiger partial charge in [-0.2, -0.15) is 0 Å². The summed E-state index contributed by atoms with van der Waals surface area (Å²) in [5.41, 5.74) is 1.22. The first-order chi connectivity index (χ1) is 10.0. The van der Waals surface area contributed by atoms with E-state index in [2.05, 4.69) is 43.6 Å². The third kappa shape index (κ3) is 6.22. The van der Waals surface area contributed by atoms with Crippen LogP contribution in [0, 0.1) is 0 Å². The van der Waals surface area contributed by atoms with Crippen LogP contribution in [0.25, 0.3) is 0 Å². The topological polar surface area (TPSA) is 29.5 Å². The third-order valence-corrected chi connectivity index (χ3v) is 6.60. The number of ether oxygens (including phenoxy) is 1. The molecule has 0 saturated heterocycles. The highest BCUT2D eigenvalue weighted by Gasteiger charge is 2.29. The lowest BCUT2D eigenvalue weighted by atomic mass is 10.2. The fourth-order valence-corrected chi connectivity index (χ4v) is 3.45. The van der Waals surface area contributed by atoms with Crippen molar-refractivity contribution in [2.45, 2.75) is 65.0 Å². The monoisotopic (exact) mass is 321 g/mol. The number of nitrogens with zero attached hydrogens (tertiary/aromatic N) is 1. The lowest BCUT2D eigenvalue weighted by molar-refractivity contribution is -0.154. The molecule has 0 spiro atoms. The van der Waals surface area contributed by atoms with E-state index in [0.717, 1.165) is 0 Å². The zero-order chi connectivity index (χ0) is 17.0. The summed E-state index contributed by atoms with van der Waals surface area (Å²) in [6, 6.07) is 10.4. The molecule has 0 aliphatic carbocycles. The highest BCUT2D eigenvalue weighted by Crippen LogP contribution is 2.23. The number of anilines is 1.